The molecule has 64 heteroatoms. The van der Waals surface area contributed by atoms with Crippen molar-refractivity contribution in [1.29, 1.82) is 10.8 Å². The number of nitrogens with one attached hydrogen (secondary N) is 5. The van der Waals surface area contributed by atoms with Gasteiger partial charge in [0.2, 0.25) is 10.3 Å². The number of aliphatic hydroxyl groups is 2. The van der Waals surface area contributed by atoms with E-state index < -0.39 is 19.7 Å². The Labute approximate surface area is 827 Å². The van der Waals surface area contributed by atoms with Crippen molar-refractivity contribution >= 4 is 182 Å². The largest absolute Gasteiger partial charge is 0.508 e. The first-order valence-corrected chi connectivity index (χ1v) is 41.7. The summed E-state index contributed by atoms with van der Waals surface area (Å²) in [6.45, 7) is 11.9. The first-order chi connectivity index (χ1) is 65.8. The summed E-state index contributed by atoms with van der Waals surface area (Å²) >= 11 is 3.17. The minimum absolute atomic E-state index is 0. The number of hydrazone groups is 1. The van der Waals surface area contributed by atoms with Crippen molar-refractivity contribution in [2.75, 3.05) is 29.1 Å². The molecule has 13 rings (SSSR count). The number of hydrazine groups is 1. The van der Waals surface area contributed by atoms with E-state index in [1.165, 1.54) is 60.7 Å². The van der Waals surface area contributed by atoms with Gasteiger partial charge in [-0.25, -0.2) is 34.1 Å². The summed E-state index contributed by atoms with van der Waals surface area (Å²) in [5.41, 5.74) is 16.3. The van der Waals surface area contributed by atoms with Crippen molar-refractivity contribution in [2.45, 2.75) is 33.6 Å². The fourth-order valence-corrected chi connectivity index (χ4v) is 12.1. The Morgan fingerprint density at radius 3 is 1.28 bits per heavy atom. The molecule has 0 bridgehead atoms. The first kappa shape index (κ1) is 122. The Bertz CT molecular complexity index is 6360. The Morgan fingerprint density at radius 1 is 0.556 bits per heavy atom. The number of phenols is 6. The van der Waals surface area contributed by atoms with Crippen LogP contribution in [-0.2, 0) is 54.6 Å². The number of phenolic OH excluding ortho intramolecular Hbond substituents is 6. The Kier molecular flexibility index (Phi) is 54.8. The number of carbonyl (C=O) groups is 2. The SMILES string of the molecule is C=N/N=C\N.CC(CCNc1ccc(N=Nc2n(C)cc[n+]2C)cc1)CC(C)(C)CNc1ccc(N=Nc2n(C)cc[n+]2C)cc1.N/C=N\N.N=CN=Nc1ccc(O)cc1O.N=CN=Nc1ccc(O)cc1O.NNc1ncc([N+](=O)[O-])s1.O.O.O.O=C1C=CC(=NN=c2[n-]cc([N+](=O)[O-])s2)C(O)=C1.O=C1C=CC(=NN=c2[n-]cc([N+](=O)[O-])s2)C(O)=C1.O=[N+]([O-])c1cnc(N=Nc2ccc(O)cc2O)s1.[Co]. The molecule has 0 saturated carbocycles. The second kappa shape index (κ2) is 63.9. The van der Waals surface area contributed by atoms with Crippen molar-refractivity contribution in [3.8, 4) is 34.5 Å². The number of aromatic nitrogens is 8. The molecule has 142 heavy (non-hydrogen) atoms. The Balaban J connectivity index is 0.000000857. The number of thiazole rings is 4. The van der Waals surface area contributed by atoms with E-state index in [9.17, 15) is 65.4 Å². The fourth-order valence-electron chi connectivity index (χ4n) is 9.93. The van der Waals surface area contributed by atoms with Crippen molar-refractivity contribution in [1.82, 2.24) is 29.1 Å². The molecule has 6 aromatic heterocycles. The maximum absolute atomic E-state index is 10.9. The number of rotatable bonds is 27. The van der Waals surface area contributed by atoms with Crippen LogP contribution in [0.5, 0.6) is 34.5 Å². The van der Waals surface area contributed by atoms with Gasteiger partial charge in [-0.15, -0.1) is 35.8 Å². The summed E-state index contributed by atoms with van der Waals surface area (Å²) in [4.78, 5) is 75.6. The number of anilines is 3. The third kappa shape index (κ3) is 44.5. The van der Waals surface area contributed by atoms with E-state index in [4.69, 9.17) is 47.9 Å². The summed E-state index contributed by atoms with van der Waals surface area (Å²) in [7, 11) is 7.84. The smallest absolute Gasteiger partial charge is 0.421 e. The van der Waals surface area contributed by atoms with Gasteiger partial charge in [0.15, 0.2) is 11.6 Å². The molecule has 2 aliphatic carbocycles. The van der Waals surface area contributed by atoms with Crippen LogP contribution in [0.4, 0.5) is 82.0 Å². The molecule has 0 aliphatic heterocycles. The molecular weight excluding hydrogens is 1990 g/mol. The van der Waals surface area contributed by atoms with Crippen LogP contribution in [-0.4, -0.2) is 164 Å². The molecule has 27 N–H and O–H groups in total. The Hall–Kier alpha value is -18.2. The third-order valence-corrected chi connectivity index (χ3v) is 19.5. The zero-order chi connectivity index (χ0) is 102. The van der Waals surface area contributed by atoms with Crippen LogP contribution in [0.3, 0.4) is 0 Å². The minimum Gasteiger partial charge on any atom is -0.508 e. The molecule has 1 atom stereocenters. The molecule has 0 amide bonds. The number of hydrogen-bond acceptors (Lipinski definition) is 46. The number of ketones is 2. The number of allylic oxidation sites excluding steroid dienone is 6. The summed E-state index contributed by atoms with van der Waals surface area (Å²) in [5, 5.41) is 197. The van der Waals surface area contributed by atoms with Crippen LogP contribution < -0.4 is 67.9 Å². The van der Waals surface area contributed by atoms with Gasteiger partial charge >= 0.3 is 31.9 Å². The van der Waals surface area contributed by atoms with Crippen LogP contribution in [0.25, 0.3) is 0 Å². The normalized spacial score (nSPS) is 12.7. The molecule has 11 aromatic rings. The van der Waals surface area contributed by atoms with E-state index in [1.54, 1.807) is 0 Å². The molecule has 0 spiro atoms. The van der Waals surface area contributed by atoms with E-state index >= 15 is 0 Å². The number of imidazole rings is 2. The molecule has 1 radical (unpaired) electrons. The third-order valence-electron chi connectivity index (χ3n) is 16.1. The number of nitrogens with zero attached hydrogens (tertiary/aromatic N) is 29. The average molecular weight is 2090 g/mol. The van der Waals surface area contributed by atoms with Crippen molar-refractivity contribution in [3.63, 3.8) is 0 Å². The quantitative estimate of drug-likeness (QED) is 0.00332. The standard InChI is InChI=1S/C31H42N10.3C9H6N4O4S.2C7H7N3O2.C3H4N4O2S.C2H5N3.CH5N3.Co.3H2O/c1-24(16-17-32-25-8-12-27(13-9-25)34-36-29-38(4)18-19-39(29)5)22-31(2,3)23-33-26-10-14-28(15-11-26)35-37-30-40(6)20-21-41(30)7;3*14-5-1-2-6(7(15)3-5)11-12-9-10-4-8(18-9)13(16)17;2*8-4-9-10-6-2-1-5(11)3-7(6)12;4-6-3-5-1-2(10-3)7(8)9;1-4-5-2-3;2-1-4-3;;;;/h8-15,18-21,24H,16-17,22-23H2,1-7H3;2*1-4H,(H2,10,12,14,15);1-4,14-15H;2*1-4,8,11-12H;1H,4H2,(H,5,6);2H,1H2,(H2,3,5);1H,3H2,(H2,2,4);;3*1H2. The number of nitrogens with two attached hydrogens (primary N) is 4. The molecule has 2 aliphatic rings. The molecular formula is C78H94CoN38O21S4. The van der Waals surface area contributed by atoms with Crippen molar-refractivity contribution in [3.05, 3.63) is 251 Å². The number of hydrogen-bond donors (Lipinski definition) is 17. The van der Waals surface area contributed by atoms with Crippen LogP contribution in [0.1, 0.15) is 33.6 Å². The van der Waals surface area contributed by atoms with Gasteiger partial charge in [0.05, 0.1) is 72.7 Å². The predicted octanol–water partition coefficient (Wildman–Crippen LogP) is 10.5. The summed E-state index contributed by atoms with van der Waals surface area (Å²) in [6.07, 6.45) is 25.1. The van der Waals surface area contributed by atoms with Crippen LogP contribution in [0.2, 0.25) is 0 Å². The van der Waals surface area contributed by atoms with Crippen molar-refractivity contribution in [2.24, 2.45) is 150 Å². The monoisotopic (exact) mass is 2090 g/mol. The molecule has 0 fully saturated rings. The number of carbonyl (C=O) groups excluding carboxylic acids is 2. The predicted molar refractivity (Wildman–Crippen MR) is 523 cm³/mol. The summed E-state index contributed by atoms with van der Waals surface area (Å²) < 4.78 is 7.77. The first-order valence-electron chi connectivity index (χ1n) is 38.5. The maximum Gasteiger partial charge on any atom is 0.421 e. The van der Waals surface area contributed by atoms with Gasteiger partial charge in [-0.1, -0.05) is 53.7 Å². The van der Waals surface area contributed by atoms with Crippen molar-refractivity contribution < 1.29 is 112 Å². The second-order valence-electron chi connectivity index (χ2n) is 27.1. The zero-order valence-corrected chi connectivity index (χ0v) is 79.5. The number of aliphatic hydroxyl groups excluding tert-OH is 2. The summed E-state index contributed by atoms with van der Waals surface area (Å²) in [5.74, 6) is 9.53. The molecule has 0 saturated heterocycles. The van der Waals surface area contributed by atoms with Gasteiger partial charge in [0.25, 0.3) is 0 Å². The number of benzene rings is 5. The van der Waals surface area contributed by atoms with Crippen LogP contribution >= 0.6 is 45.3 Å². The topological polar surface area (TPSA) is 933 Å². The van der Waals surface area contributed by atoms with Gasteiger partial charge in [-0.05, 0) is 156 Å². The number of aryl methyl sites for hydroxylation is 4. The molecule has 1 unspecified atom stereocenters. The number of aromatic hydroxyl groups is 6. The van der Waals surface area contributed by atoms with E-state index in [0.717, 1.165) is 186 Å². The molecule has 6 heterocycles. The van der Waals surface area contributed by atoms with Gasteiger partial charge < -0.3 is 105 Å². The number of nitrogen functional groups attached to an aromatic ring is 1. The minimum atomic E-state index is -0.583. The number of azo groups is 5. The average Bonchev–Trinajstić information content (AvgIpc) is 1.77. The second-order valence-corrected chi connectivity index (χ2v) is 31.1. The van der Waals surface area contributed by atoms with Gasteiger partial charge in [0, 0.05) is 111 Å². The van der Waals surface area contributed by atoms with Gasteiger partial charge in [0.1, 0.15) is 124 Å². The van der Waals surface area contributed by atoms with Gasteiger partial charge in [-0.3, -0.25) is 76.5 Å². The molecule has 5 aromatic carbocycles. The fraction of sp³-hybridized carbons (Fsp3) is 0.167. The van der Waals surface area contributed by atoms with Gasteiger partial charge in [-0.2, -0.15) is 10.2 Å². The van der Waals surface area contributed by atoms with E-state index in [1.807, 2.05) is 95.5 Å². The van der Waals surface area contributed by atoms with E-state index in [-0.39, 0.29) is 159 Å². The van der Waals surface area contributed by atoms with Crippen LogP contribution in [0.15, 0.2) is 288 Å². The molecule has 755 valence electrons. The maximum atomic E-state index is 10.9. The summed E-state index contributed by atoms with van der Waals surface area (Å²) in [6, 6.07) is 27.9. The Morgan fingerprint density at radius 2 is 0.958 bits per heavy atom. The van der Waals surface area contributed by atoms with E-state index in [0.29, 0.717) is 11.0 Å². The zero-order valence-electron chi connectivity index (χ0n) is 75.2. The van der Waals surface area contributed by atoms with Crippen LogP contribution in [0, 0.1) is 62.6 Å². The molecule has 59 nitrogen and oxygen atoms in total. The number of nitro groups is 4. The van der Waals surface area contributed by atoms with E-state index in [2.05, 4.69) is 186 Å².